The van der Waals surface area contributed by atoms with Gasteiger partial charge in [0.15, 0.2) is 5.69 Å². The zero-order chi connectivity index (χ0) is 10.8. The van der Waals surface area contributed by atoms with Crippen molar-refractivity contribution >= 4 is 11.4 Å². The normalized spacial score (nSPS) is 18.5. The van der Waals surface area contributed by atoms with Gasteiger partial charge in [0.05, 0.1) is 11.5 Å². The Balaban J connectivity index is 2.14. The Kier molecular flexibility index (Phi) is 2.42. The van der Waals surface area contributed by atoms with Gasteiger partial charge in [0.1, 0.15) is 18.5 Å². The number of nitrogen functional groups attached to an aromatic ring is 1. The lowest BCUT2D eigenvalue weighted by molar-refractivity contribution is -0.384. The van der Waals surface area contributed by atoms with E-state index in [2.05, 4.69) is 0 Å². The highest BCUT2D eigenvalue weighted by atomic mass is 16.6. The molecule has 1 atom stereocenters. The molecule has 80 valence electrons. The van der Waals surface area contributed by atoms with Gasteiger partial charge in [-0.3, -0.25) is 10.1 Å². The van der Waals surface area contributed by atoms with E-state index in [1.165, 1.54) is 12.1 Å². The summed E-state index contributed by atoms with van der Waals surface area (Å²) in [7, 11) is 0. The highest BCUT2D eigenvalue weighted by molar-refractivity contribution is 5.66. The minimum Gasteiger partial charge on any atom is -0.488 e. The summed E-state index contributed by atoms with van der Waals surface area (Å²) in [6.07, 6.45) is 0.101. The van der Waals surface area contributed by atoms with Crippen molar-refractivity contribution in [3.8, 4) is 5.75 Å². The van der Waals surface area contributed by atoms with E-state index < -0.39 is 4.92 Å². The number of ether oxygens (including phenoxy) is 2. The molecule has 6 heteroatoms. The molecule has 0 saturated carbocycles. The average molecular weight is 210 g/mol. The van der Waals surface area contributed by atoms with Crippen molar-refractivity contribution in [3.63, 3.8) is 0 Å². The molecule has 0 radical (unpaired) electrons. The number of rotatable bonds is 4. The van der Waals surface area contributed by atoms with Gasteiger partial charge in [-0.15, -0.1) is 0 Å². The Labute approximate surface area is 85.7 Å². The van der Waals surface area contributed by atoms with Crippen molar-refractivity contribution in [1.82, 2.24) is 0 Å². The van der Waals surface area contributed by atoms with Gasteiger partial charge in [-0.2, -0.15) is 0 Å². The van der Waals surface area contributed by atoms with Gasteiger partial charge in [0, 0.05) is 6.07 Å². The number of nitro benzene ring substituents is 1. The molecule has 1 aliphatic heterocycles. The van der Waals surface area contributed by atoms with Crippen LogP contribution in [0.15, 0.2) is 18.2 Å². The summed E-state index contributed by atoms with van der Waals surface area (Å²) in [5, 5.41) is 10.6. The first kappa shape index (κ1) is 9.72. The number of nitrogens with two attached hydrogens (primary N) is 1. The summed E-state index contributed by atoms with van der Waals surface area (Å²) in [5.74, 6) is 0.333. The maximum absolute atomic E-state index is 10.6. The molecule has 1 aliphatic rings. The average Bonchev–Trinajstić information content (AvgIpc) is 2.99. The number of hydrogen-bond donors (Lipinski definition) is 1. The van der Waals surface area contributed by atoms with Crippen LogP contribution in [0, 0.1) is 10.1 Å². The van der Waals surface area contributed by atoms with Crippen LogP contribution < -0.4 is 10.5 Å². The summed E-state index contributed by atoms with van der Waals surface area (Å²) in [6, 6.07) is 4.48. The van der Waals surface area contributed by atoms with Crippen LogP contribution in [0.2, 0.25) is 0 Å². The van der Waals surface area contributed by atoms with Crippen LogP contribution in [0.25, 0.3) is 0 Å². The molecule has 1 aromatic carbocycles. The lowest BCUT2D eigenvalue weighted by Gasteiger charge is -2.06. The molecule has 2 N–H and O–H groups in total. The number of anilines is 1. The number of hydrogen-bond acceptors (Lipinski definition) is 5. The Bertz CT molecular complexity index is 390. The Morgan fingerprint density at radius 3 is 3.00 bits per heavy atom. The van der Waals surface area contributed by atoms with Gasteiger partial charge < -0.3 is 15.2 Å². The van der Waals surface area contributed by atoms with Crippen LogP contribution in [0.3, 0.4) is 0 Å². The summed E-state index contributed by atoms with van der Waals surface area (Å²) in [5.41, 5.74) is 5.51. The molecular formula is C9H10N2O4. The van der Waals surface area contributed by atoms with Gasteiger partial charge >= 0.3 is 0 Å². The van der Waals surface area contributed by atoms with Gasteiger partial charge in [-0.25, -0.2) is 0 Å². The number of nitrogens with zero attached hydrogens (tertiary/aromatic N) is 1. The van der Waals surface area contributed by atoms with E-state index in [-0.39, 0.29) is 17.5 Å². The van der Waals surface area contributed by atoms with Crippen LogP contribution in [0.1, 0.15) is 0 Å². The van der Waals surface area contributed by atoms with E-state index in [4.69, 9.17) is 15.2 Å². The van der Waals surface area contributed by atoms with Crippen LogP contribution in [0.4, 0.5) is 11.4 Å². The van der Waals surface area contributed by atoms with Crippen molar-refractivity contribution in [2.24, 2.45) is 0 Å². The van der Waals surface area contributed by atoms with Gasteiger partial charge in [0.25, 0.3) is 5.69 Å². The van der Waals surface area contributed by atoms with E-state index >= 15 is 0 Å². The number of nitro groups is 1. The molecule has 1 aromatic rings. The molecule has 0 bridgehead atoms. The van der Waals surface area contributed by atoms with Crippen LogP contribution >= 0.6 is 0 Å². The molecule has 6 nitrogen and oxygen atoms in total. The number of epoxide rings is 1. The van der Waals surface area contributed by atoms with Crippen molar-refractivity contribution in [2.45, 2.75) is 6.10 Å². The Morgan fingerprint density at radius 1 is 1.67 bits per heavy atom. The third kappa shape index (κ3) is 2.16. The molecule has 1 unspecified atom stereocenters. The minimum absolute atomic E-state index is 0.0585. The first-order chi connectivity index (χ1) is 7.18. The predicted molar refractivity (Wildman–Crippen MR) is 52.7 cm³/mol. The molecular weight excluding hydrogens is 200 g/mol. The highest BCUT2D eigenvalue weighted by Gasteiger charge is 2.24. The minimum atomic E-state index is -0.532. The first-order valence-corrected chi connectivity index (χ1v) is 4.46. The lowest BCUT2D eigenvalue weighted by atomic mass is 10.2. The van der Waals surface area contributed by atoms with Crippen LogP contribution in [-0.4, -0.2) is 24.2 Å². The summed E-state index contributed by atoms with van der Waals surface area (Å²) in [4.78, 5) is 10.0. The molecule has 1 fully saturated rings. The highest BCUT2D eigenvalue weighted by Crippen LogP contribution is 2.31. The zero-order valence-electron chi connectivity index (χ0n) is 7.88. The fraction of sp³-hybridized carbons (Fsp3) is 0.333. The predicted octanol–water partition coefficient (Wildman–Crippen LogP) is 0.955. The lowest BCUT2D eigenvalue weighted by Crippen LogP contribution is -2.06. The van der Waals surface area contributed by atoms with E-state index in [1.54, 1.807) is 6.07 Å². The molecule has 0 spiro atoms. The maximum Gasteiger partial charge on any atom is 0.295 e. The standard InChI is InChI=1S/C9H10N2O4/c10-9-7(11(12)13)2-1-3-8(9)15-5-6-4-14-6/h1-3,6H,4-5,10H2. The first-order valence-electron chi connectivity index (χ1n) is 4.46. The largest absolute Gasteiger partial charge is 0.488 e. The van der Waals surface area contributed by atoms with Gasteiger partial charge in [-0.05, 0) is 6.07 Å². The van der Waals surface area contributed by atoms with Crippen molar-refractivity contribution in [1.29, 1.82) is 0 Å². The number of benzene rings is 1. The SMILES string of the molecule is Nc1c(OCC2CO2)cccc1[N+](=O)[O-]. The third-order valence-corrected chi connectivity index (χ3v) is 2.07. The van der Waals surface area contributed by atoms with E-state index in [9.17, 15) is 10.1 Å². The van der Waals surface area contributed by atoms with Gasteiger partial charge in [0.2, 0.25) is 0 Å². The third-order valence-electron chi connectivity index (χ3n) is 2.07. The topological polar surface area (TPSA) is 90.9 Å². The van der Waals surface area contributed by atoms with E-state index in [0.717, 1.165) is 0 Å². The van der Waals surface area contributed by atoms with Crippen LogP contribution in [0.5, 0.6) is 5.75 Å². The molecule has 0 amide bonds. The Morgan fingerprint density at radius 2 is 2.40 bits per heavy atom. The molecule has 0 aliphatic carbocycles. The zero-order valence-corrected chi connectivity index (χ0v) is 7.88. The quantitative estimate of drug-likeness (QED) is 0.346. The molecule has 2 rings (SSSR count). The van der Waals surface area contributed by atoms with Crippen molar-refractivity contribution in [3.05, 3.63) is 28.3 Å². The molecule has 1 heterocycles. The van der Waals surface area contributed by atoms with E-state index in [0.29, 0.717) is 19.0 Å². The smallest absolute Gasteiger partial charge is 0.295 e. The second-order valence-electron chi connectivity index (χ2n) is 3.21. The molecule has 1 saturated heterocycles. The van der Waals surface area contributed by atoms with Crippen molar-refractivity contribution < 1.29 is 14.4 Å². The van der Waals surface area contributed by atoms with Crippen molar-refractivity contribution in [2.75, 3.05) is 18.9 Å². The second-order valence-corrected chi connectivity index (χ2v) is 3.21. The fourth-order valence-corrected chi connectivity index (χ4v) is 1.16. The maximum atomic E-state index is 10.6. The summed E-state index contributed by atoms with van der Waals surface area (Å²) in [6.45, 7) is 1.06. The second kappa shape index (κ2) is 3.74. The summed E-state index contributed by atoms with van der Waals surface area (Å²) < 4.78 is 10.2. The Hall–Kier alpha value is -1.82. The summed E-state index contributed by atoms with van der Waals surface area (Å²) >= 11 is 0. The van der Waals surface area contributed by atoms with Crippen LogP contribution in [-0.2, 0) is 4.74 Å². The number of para-hydroxylation sites is 1. The molecule has 15 heavy (non-hydrogen) atoms. The van der Waals surface area contributed by atoms with E-state index in [1.807, 2.05) is 0 Å². The fourth-order valence-electron chi connectivity index (χ4n) is 1.16. The monoisotopic (exact) mass is 210 g/mol. The van der Waals surface area contributed by atoms with Gasteiger partial charge in [-0.1, -0.05) is 6.07 Å². The molecule has 0 aromatic heterocycles.